The zero-order chi connectivity index (χ0) is 40.5. The molecule has 0 unspecified atom stereocenters. The summed E-state index contributed by atoms with van der Waals surface area (Å²) in [7, 11) is 0. The topological polar surface area (TPSA) is 213 Å². The van der Waals surface area contributed by atoms with E-state index in [1.807, 2.05) is 0 Å². The fourth-order valence-electron chi connectivity index (χ4n) is 13.6. The maximum absolute atomic E-state index is 13.1. The third-order valence-corrected chi connectivity index (χ3v) is 17.2. The maximum Gasteiger partial charge on any atom is 0.335 e. The second-order valence-corrected chi connectivity index (χ2v) is 20.8. The molecule has 312 valence electrons. The van der Waals surface area contributed by atoms with Gasteiger partial charge in [0.15, 0.2) is 18.2 Å². The van der Waals surface area contributed by atoms with Gasteiger partial charge < -0.3 is 54.7 Å². The molecular weight excluding hydrogens is 712 g/mol. The maximum atomic E-state index is 13.1. The van der Waals surface area contributed by atoms with Gasteiger partial charge in [0.1, 0.15) is 36.6 Å². The monoisotopic (exact) mass is 778 g/mol. The number of allylic oxidation sites excluding steroid dienone is 2. The zero-order valence-electron chi connectivity index (χ0n) is 33.9. The van der Waals surface area contributed by atoms with Crippen LogP contribution in [-0.4, -0.2) is 115 Å². The van der Waals surface area contributed by atoms with Gasteiger partial charge in [-0.1, -0.05) is 60.1 Å². The molecule has 0 bridgehead atoms. The molecule has 4 saturated carbocycles. The van der Waals surface area contributed by atoms with Crippen LogP contribution in [0.15, 0.2) is 11.6 Å². The first-order chi connectivity index (χ1) is 25.4. The lowest BCUT2D eigenvalue weighted by atomic mass is 9.33. The van der Waals surface area contributed by atoms with E-state index in [2.05, 4.69) is 54.5 Å². The van der Waals surface area contributed by atoms with Crippen LogP contribution >= 0.6 is 0 Å². The largest absolute Gasteiger partial charge is 0.481 e. The smallest absolute Gasteiger partial charge is 0.335 e. The number of aliphatic hydroxyl groups excluding tert-OH is 5. The lowest BCUT2D eigenvalue weighted by Gasteiger charge is -2.71. The van der Waals surface area contributed by atoms with E-state index in [0.717, 1.165) is 51.4 Å². The molecule has 7 rings (SSSR count). The van der Waals surface area contributed by atoms with Crippen LogP contribution in [-0.2, 0) is 28.5 Å². The van der Waals surface area contributed by atoms with E-state index >= 15 is 0 Å². The Kier molecular flexibility index (Phi) is 10.1. The van der Waals surface area contributed by atoms with Crippen molar-refractivity contribution in [1.82, 2.24) is 0 Å². The van der Waals surface area contributed by atoms with Crippen LogP contribution in [0.1, 0.15) is 120 Å². The third-order valence-electron chi connectivity index (χ3n) is 17.2. The predicted molar refractivity (Wildman–Crippen MR) is 197 cm³/mol. The predicted octanol–water partition coefficient (Wildman–Crippen LogP) is 4.00. The number of aliphatic hydroxyl groups is 5. The van der Waals surface area contributed by atoms with Crippen molar-refractivity contribution in [3.63, 3.8) is 0 Å². The molecule has 0 amide bonds. The molecule has 0 aromatic rings. The summed E-state index contributed by atoms with van der Waals surface area (Å²) in [4.78, 5) is 25.4. The Balaban J connectivity index is 1.15. The Morgan fingerprint density at radius 1 is 0.800 bits per heavy atom. The fourth-order valence-corrected chi connectivity index (χ4v) is 13.6. The van der Waals surface area contributed by atoms with E-state index in [0.29, 0.717) is 18.8 Å². The van der Waals surface area contributed by atoms with Crippen molar-refractivity contribution in [3.8, 4) is 0 Å². The zero-order valence-corrected chi connectivity index (χ0v) is 33.9. The Morgan fingerprint density at radius 3 is 2.13 bits per heavy atom. The number of hydrogen-bond acceptors (Lipinski definition) is 11. The molecule has 5 aliphatic carbocycles. The molecule has 7 aliphatic rings. The van der Waals surface area contributed by atoms with Crippen LogP contribution in [0.5, 0.6) is 0 Å². The Bertz CT molecular complexity index is 1560. The van der Waals surface area contributed by atoms with Crippen molar-refractivity contribution in [2.75, 3.05) is 6.61 Å². The molecule has 17 atom stereocenters. The van der Waals surface area contributed by atoms with E-state index in [4.69, 9.17) is 18.9 Å². The quantitative estimate of drug-likeness (QED) is 0.150. The van der Waals surface area contributed by atoms with E-state index in [-0.39, 0.29) is 40.1 Å². The first-order valence-corrected chi connectivity index (χ1v) is 20.6. The highest BCUT2D eigenvalue weighted by atomic mass is 16.7. The summed E-state index contributed by atoms with van der Waals surface area (Å²) in [5.74, 6) is -3.52. The number of carbonyl (C=O) groups is 2. The first-order valence-electron chi connectivity index (χ1n) is 20.6. The van der Waals surface area contributed by atoms with Crippen LogP contribution in [0.25, 0.3) is 0 Å². The molecule has 13 heteroatoms. The average molecular weight is 779 g/mol. The van der Waals surface area contributed by atoms with Crippen molar-refractivity contribution in [2.24, 2.45) is 50.2 Å². The fraction of sp³-hybridized carbons (Fsp3) is 0.905. The van der Waals surface area contributed by atoms with E-state index in [9.17, 15) is 45.3 Å². The van der Waals surface area contributed by atoms with Crippen molar-refractivity contribution in [1.29, 1.82) is 0 Å². The van der Waals surface area contributed by atoms with Crippen molar-refractivity contribution < 1.29 is 64.3 Å². The summed E-state index contributed by atoms with van der Waals surface area (Å²) in [6, 6.07) is 0. The second-order valence-electron chi connectivity index (χ2n) is 20.8. The van der Waals surface area contributed by atoms with E-state index in [1.54, 1.807) is 0 Å². The summed E-state index contributed by atoms with van der Waals surface area (Å²) in [6.45, 7) is 17.3. The van der Waals surface area contributed by atoms with Crippen LogP contribution < -0.4 is 0 Å². The van der Waals surface area contributed by atoms with Crippen LogP contribution in [0.2, 0.25) is 0 Å². The van der Waals surface area contributed by atoms with Crippen molar-refractivity contribution in [3.05, 3.63) is 11.6 Å². The van der Waals surface area contributed by atoms with Gasteiger partial charge in [-0.3, -0.25) is 4.79 Å². The summed E-state index contributed by atoms with van der Waals surface area (Å²) in [5, 5.41) is 74.3. The number of ether oxygens (including phenoxy) is 4. The van der Waals surface area contributed by atoms with E-state index in [1.165, 1.54) is 12.5 Å². The molecule has 13 nitrogen and oxygen atoms in total. The number of carboxylic acid groups (broad SMARTS) is 2. The van der Waals surface area contributed by atoms with Crippen LogP contribution in [0.3, 0.4) is 0 Å². The van der Waals surface area contributed by atoms with Gasteiger partial charge in [-0.05, 0) is 116 Å². The van der Waals surface area contributed by atoms with Gasteiger partial charge >= 0.3 is 11.9 Å². The summed E-state index contributed by atoms with van der Waals surface area (Å²) in [6.07, 6.45) is -3.12. The third kappa shape index (κ3) is 6.02. The second kappa shape index (κ2) is 13.4. The van der Waals surface area contributed by atoms with Gasteiger partial charge in [0.25, 0.3) is 0 Å². The van der Waals surface area contributed by atoms with Gasteiger partial charge in [0.2, 0.25) is 0 Å². The highest BCUT2D eigenvalue weighted by Gasteiger charge is 2.70. The Hall–Kier alpha value is -1.68. The molecule has 6 fully saturated rings. The van der Waals surface area contributed by atoms with Crippen molar-refractivity contribution >= 4 is 11.9 Å². The minimum Gasteiger partial charge on any atom is -0.481 e. The molecule has 7 N–H and O–H groups in total. The summed E-state index contributed by atoms with van der Waals surface area (Å²) >= 11 is 0. The van der Waals surface area contributed by atoms with Crippen LogP contribution in [0.4, 0.5) is 0 Å². The van der Waals surface area contributed by atoms with Crippen LogP contribution in [0, 0.1) is 50.2 Å². The molecule has 2 saturated heterocycles. The standard InChI is InChI=1S/C42H66O13/c1-36(2)15-17-42(35(50)51)18-16-39(6)21(22(42)19-36)9-10-25-38(5)13-12-26(37(3,4)24(38)11-14-40(25,39)7)54-41(8)32(47)30(29(46)31(55-41)33(48)49)53-34-28(45)27(44)23(43)20-52-34/h9,22-32,34,43-47H,10-20H2,1-8H3,(H,48,49)(H,50,51)/t22-,23+,24-,25+,26-,27-,28+,29-,30-,31-,32+,34-,38-,39+,40+,41+,42-/m0/s1. The first kappa shape index (κ1) is 41.5. The SMILES string of the molecule is CC1(C)CC[C@]2(C(=O)O)CC[C@]3(C)C(=CC[C@@H]4[C@@]5(C)CC[C@H](O[C@]6(C)O[C@H](C(=O)O)[C@@H](O)[C@H](O[C@@H]7OC[C@@H](O)[C@H](O)[C@H]7O)[C@H]6O)C(C)(C)[C@@H]5CC[C@]43C)[C@@H]2C1. The molecule has 0 aromatic heterocycles. The summed E-state index contributed by atoms with van der Waals surface area (Å²) in [5.41, 5.74) is 0.0487. The van der Waals surface area contributed by atoms with Gasteiger partial charge in [-0.25, -0.2) is 4.79 Å². The molecule has 0 aromatic carbocycles. The highest BCUT2D eigenvalue weighted by Crippen LogP contribution is 2.76. The van der Waals surface area contributed by atoms with Gasteiger partial charge in [-0.2, -0.15) is 0 Å². The van der Waals surface area contributed by atoms with Gasteiger partial charge in [-0.15, -0.1) is 0 Å². The number of hydrogen-bond donors (Lipinski definition) is 7. The minimum absolute atomic E-state index is 0.0320. The number of fused-ring (bicyclic) bond motifs is 7. The number of rotatable bonds is 6. The highest BCUT2D eigenvalue weighted by molar-refractivity contribution is 5.76. The molecular formula is C42H66O13. The average Bonchev–Trinajstić information content (AvgIpc) is 3.09. The number of aliphatic carboxylic acids is 2. The lowest BCUT2D eigenvalue weighted by Crippen LogP contribution is -2.70. The molecule has 2 aliphatic heterocycles. The molecule has 2 heterocycles. The normalized spacial score (nSPS) is 53.1. The van der Waals surface area contributed by atoms with Gasteiger partial charge in [0, 0.05) is 0 Å². The Labute approximate surface area is 324 Å². The summed E-state index contributed by atoms with van der Waals surface area (Å²) < 4.78 is 23.8. The molecule has 55 heavy (non-hydrogen) atoms. The van der Waals surface area contributed by atoms with E-state index < -0.39 is 83.7 Å². The van der Waals surface area contributed by atoms with Crippen molar-refractivity contribution in [2.45, 2.75) is 181 Å². The van der Waals surface area contributed by atoms with Gasteiger partial charge in [0.05, 0.1) is 18.1 Å². The minimum atomic E-state index is -1.95. The number of carboxylic acids is 2. The molecule has 0 spiro atoms. The Morgan fingerprint density at radius 2 is 1.47 bits per heavy atom. The lowest BCUT2D eigenvalue weighted by molar-refractivity contribution is -0.394. The molecule has 0 radical (unpaired) electrons.